The van der Waals surface area contributed by atoms with Crippen molar-refractivity contribution < 1.29 is 13.6 Å². The second-order valence-electron chi connectivity index (χ2n) is 5.82. The average molecular weight is 368 g/mol. The number of carbonyl (C=O) groups excluding carboxylic acids is 1. The largest absolute Gasteiger partial charge is 0.335 e. The monoisotopic (exact) mass is 368 g/mol. The average Bonchev–Trinajstić information content (AvgIpc) is 2.69. The van der Waals surface area contributed by atoms with Gasteiger partial charge >= 0.3 is 0 Å². The van der Waals surface area contributed by atoms with Gasteiger partial charge in [0.25, 0.3) is 5.91 Å². The van der Waals surface area contributed by atoms with E-state index in [0.29, 0.717) is 13.1 Å². The van der Waals surface area contributed by atoms with Gasteiger partial charge in [0.1, 0.15) is 35.2 Å². The molecule has 0 spiro atoms. The molecule has 138 valence electrons. The molecule has 0 aliphatic rings. The van der Waals surface area contributed by atoms with E-state index in [4.69, 9.17) is 0 Å². The summed E-state index contributed by atoms with van der Waals surface area (Å²) in [7, 11) is 0. The highest BCUT2D eigenvalue weighted by atomic mass is 19.1. The molecule has 1 aromatic heterocycles. The van der Waals surface area contributed by atoms with Crippen molar-refractivity contribution in [2.75, 3.05) is 11.9 Å². The molecule has 1 heterocycles. The van der Waals surface area contributed by atoms with Gasteiger partial charge in [-0.1, -0.05) is 36.4 Å². The maximum atomic E-state index is 13.8. The van der Waals surface area contributed by atoms with Crippen molar-refractivity contribution in [1.29, 1.82) is 0 Å². The van der Waals surface area contributed by atoms with Crippen LogP contribution in [0.3, 0.4) is 0 Å². The Morgan fingerprint density at radius 2 is 1.74 bits per heavy atom. The molecule has 1 amide bonds. The summed E-state index contributed by atoms with van der Waals surface area (Å²) < 4.78 is 27.6. The van der Waals surface area contributed by atoms with Crippen LogP contribution >= 0.6 is 0 Å². The number of nitrogens with one attached hydrogen (secondary N) is 1. The molecule has 7 heteroatoms. The zero-order valence-corrected chi connectivity index (χ0v) is 14.7. The standard InChI is InChI=1S/C20H18F2N4O/c1-2-26(12-14-7-4-3-5-8-14)20(27)17-11-18(24-13-23-17)25-19-15(21)9-6-10-16(19)22/h3-11,13H,2,12H2,1H3,(H,23,24,25). The van der Waals surface area contributed by atoms with Crippen LogP contribution in [0.1, 0.15) is 23.0 Å². The lowest BCUT2D eigenvalue weighted by Gasteiger charge is -2.20. The van der Waals surface area contributed by atoms with Crippen LogP contribution < -0.4 is 5.32 Å². The third-order valence-electron chi connectivity index (χ3n) is 3.99. The van der Waals surface area contributed by atoms with Gasteiger partial charge in [0.2, 0.25) is 0 Å². The molecule has 5 nitrogen and oxygen atoms in total. The van der Waals surface area contributed by atoms with Crippen LogP contribution in [0.4, 0.5) is 20.3 Å². The van der Waals surface area contributed by atoms with Crippen LogP contribution in [0, 0.1) is 11.6 Å². The first-order valence-corrected chi connectivity index (χ1v) is 8.44. The fraction of sp³-hybridized carbons (Fsp3) is 0.150. The molecule has 0 atom stereocenters. The van der Waals surface area contributed by atoms with Crippen LogP contribution in [0.25, 0.3) is 0 Å². The molecule has 0 aliphatic heterocycles. The lowest BCUT2D eigenvalue weighted by Crippen LogP contribution is -2.31. The zero-order chi connectivity index (χ0) is 19.2. The van der Waals surface area contributed by atoms with Gasteiger partial charge in [-0.25, -0.2) is 18.7 Å². The number of anilines is 2. The summed E-state index contributed by atoms with van der Waals surface area (Å²) in [6.07, 6.45) is 1.19. The number of hydrogen-bond acceptors (Lipinski definition) is 4. The Kier molecular flexibility index (Phi) is 5.71. The van der Waals surface area contributed by atoms with Gasteiger partial charge in [-0.15, -0.1) is 0 Å². The summed E-state index contributed by atoms with van der Waals surface area (Å²) in [6, 6.07) is 14.5. The third-order valence-corrected chi connectivity index (χ3v) is 3.99. The van der Waals surface area contributed by atoms with Crippen molar-refractivity contribution in [3.8, 4) is 0 Å². The molecule has 0 radical (unpaired) electrons. The Hall–Kier alpha value is -3.35. The van der Waals surface area contributed by atoms with Crippen molar-refractivity contribution in [3.05, 3.63) is 83.8 Å². The van der Waals surface area contributed by atoms with Crippen LogP contribution in [0.5, 0.6) is 0 Å². The van der Waals surface area contributed by atoms with Gasteiger partial charge < -0.3 is 10.2 Å². The molecular weight excluding hydrogens is 350 g/mol. The molecule has 0 unspecified atom stereocenters. The summed E-state index contributed by atoms with van der Waals surface area (Å²) in [5.74, 6) is -1.66. The maximum Gasteiger partial charge on any atom is 0.272 e. The minimum absolute atomic E-state index is 0.133. The second-order valence-corrected chi connectivity index (χ2v) is 5.82. The number of carbonyl (C=O) groups is 1. The van der Waals surface area contributed by atoms with Crippen LogP contribution in [-0.2, 0) is 6.54 Å². The van der Waals surface area contributed by atoms with Crippen molar-refractivity contribution >= 4 is 17.4 Å². The lowest BCUT2D eigenvalue weighted by molar-refractivity contribution is 0.0746. The van der Waals surface area contributed by atoms with Crippen molar-refractivity contribution in [2.24, 2.45) is 0 Å². The van der Waals surface area contributed by atoms with Crippen LogP contribution in [0.15, 0.2) is 60.9 Å². The molecular formula is C20H18F2N4O. The first kappa shape index (κ1) is 18.4. The van der Waals surface area contributed by atoms with E-state index in [0.717, 1.165) is 17.7 Å². The van der Waals surface area contributed by atoms with E-state index in [1.54, 1.807) is 4.90 Å². The Morgan fingerprint density at radius 3 is 2.41 bits per heavy atom. The van der Waals surface area contributed by atoms with E-state index in [1.807, 2.05) is 37.3 Å². The van der Waals surface area contributed by atoms with Gasteiger partial charge in [0.05, 0.1) is 0 Å². The number of para-hydroxylation sites is 1. The molecule has 1 N–H and O–H groups in total. The maximum absolute atomic E-state index is 13.8. The van der Waals surface area contributed by atoms with E-state index in [9.17, 15) is 13.6 Å². The van der Waals surface area contributed by atoms with Gasteiger partial charge in [-0.2, -0.15) is 0 Å². The Labute approximate surface area is 155 Å². The highest BCUT2D eigenvalue weighted by Gasteiger charge is 2.17. The number of benzene rings is 2. The third kappa shape index (κ3) is 4.44. The van der Waals surface area contributed by atoms with E-state index in [2.05, 4.69) is 15.3 Å². The summed E-state index contributed by atoms with van der Waals surface area (Å²) >= 11 is 0. The van der Waals surface area contributed by atoms with Crippen molar-refractivity contribution in [1.82, 2.24) is 14.9 Å². The van der Waals surface area contributed by atoms with E-state index < -0.39 is 11.6 Å². The molecule has 0 aliphatic carbocycles. The second kappa shape index (κ2) is 8.35. The minimum Gasteiger partial charge on any atom is -0.335 e. The summed E-state index contributed by atoms with van der Waals surface area (Å²) in [4.78, 5) is 22.4. The van der Waals surface area contributed by atoms with Crippen molar-refractivity contribution in [3.63, 3.8) is 0 Å². The topological polar surface area (TPSA) is 58.1 Å². The Morgan fingerprint density at radius 1 is 1.04 bits per heavy atom. The van der Waals surface area contributed by atoms with E-state index >= 15 is 0 Å². The molecule has 0 bridgehead atoms. The van der Waals surface area contributed by atoms with Crippen molar-refractivity contribution in [2.45, 2.75) is 13.5 Å². The SMILES string of the molecule is CCN(Cc1ccccc1)C(=O)c1cc(Nc2c(F)cccc2F)ncn1. The van der Waals surface area contributed by atoms with Gasteiger partial charge in [0.15, 0.2) is 0 Å². The molecule has 0 saturated heterocycles. The fourth-order valence-electron chi connectivity index (χ4n) is 2.58. The number of halogens is 2. The molecule has 27 heavy (non-hydrogen) atoms. The van der Waals surface area contributed by atoms with E-state index in [-0.39, 0.29) is 23.1 Å². The van der Waals surface area contributed by atoms with E-state index in [1.165, 1.54) is 18.5 Å². The lowest BCUT2D eigenvalue weighted by atomic mass is 10.2. The smallest absolute Gasteiger partial charge is 0.272 e. The number of nitrogens with zero attached hydrogens (tertiary/aromatic N) is 3. The number of hydrogen-bond donors (Lipinski definition) is 1. The minimum atomic E-state index is -0.749. The van der Waals surface area contributed by atoms with Gasteiger partial charge in [-0.05, 0) is 24.6 Å². The summed E-state index contributed by atoms with van der Waals surface area (Å²) in [6.45, 7) is 2.79. The normalized spacial score (nSPS) is 10.5. The highest BCUT2D eigenvalue weighted by Crippen LogP contribution is 2.22. The predicted octanol–water partition coefficient (Wildman–Crippen LogP) is 4.16. The van der Waals surface area contributed by atoms with Gasteiger partial charge in [0, 0.05) is 19.2 Å². The molecule has 3 aromatic rings. The molecule has 0 fully saturated rings. The first-order valence-electron chi connectivity index (χ1n) is 8.44. The quantitative estimate of drug-likeness (QED) is 0.710. The highest BCUT2D eigenvalue weighted by molar-refractivity contribution is 5.93. The Bertz CT molecular complexity index is 914. The van der Waals surface area contributed by atoms with Crippen LogP contribution in [0.2, 0.25) is 0 Å². The number of amides is 1. The molecule has 2 aromatic carbocycles. The first-order chi connectivity index (χ1) is 13.1. The fourth-order valence-corrected chi connectivity index (χ4v) is 2.58. The zero-order valence-electron chi connectivity index (χ0n) is 14.7. The molecule has 0 saturated carbocycles. The predicted molar refractivity (Wildman–Crippen MR) is 98.5 cm³/mol. The molecule has 3 rings (SSSR count). The summed E-state index contributed by atoms with van der Waals surface area (Å²) in [5.41, 5.74) is 0.807. The summed E-state index contributed by atoms with van der Waals surface area (Å²) in [5, 5.41) is 2.57. The Balaban J connectivity index is 1.80. The van der Waals surface area contributed by atoms with Crippen LogP contribution in [-0.4, -0.2) is 27.3 Å². The number of aromatic nitrogens is 2. The number of rotatable bonds is 6. The van der Waals surface area contributed by atoms with Gasteiger partial charge in [-0.3, -0.25) is 4.79 Å².